The van der Waals surface area contributed by atoms with E-state index in [1.165, 1.54) is 0 Å². The molecule has 0 aliphatic heterocycles. The third kappa shape index (κ3) is 2.33. The lowest BCUT2D eigenvalue weighted by molar-refractivity contribution is 0.166. The molecule has 0 bridgehead atoms. The molecule has 0 saturated heterocycles. The van der Waals surface area contributed by atoms with Gasteiger partial charge in [-0.3, -0.25) is 4.68 Å². The zero-order valence-electron chi connectivity index (χ0n) is 9.34. The first-order chi connectivity index (χ1) is 7.81. The first-order valence-corrected chi connectivity index (χ1v) is 5.52. The Morgan fingerprint density at radius 2 is 2.38 bits per heavy atom. The number of nitrogens with zero attached hydrogens (tertiary/aromatic N) is 2. The summed E-state index contributed by atoms with van der Waals surface area (Å²) in [7, 11) is 0. The zero-order valence-corrected chi connectivity index (χ0v) is 9.34. The Morgan fingerprint density at radius 3 is 3.06 bits per heavy atom. The maximum absolute atomic E-state index is 10.1. The summed E-state index contributed by atoms with van der Waals surface area (Å²) in [5, 5.41) is 14.3. The SMILES string of the molecule is CCCn1nccc1C(O)Cc1ccoc1. The third-order valence-electron chi connectivity index (χ3n) is 2.54. The quantitative estimate of drug-likeness (QED) is 0.840. The van der Waals surface area contributed by atoms with Gasteiger partial charge in [0, 0.05) is 19.2 Å². The fourth-order valence-electron chi connectivity index (χ4n) is 1.76. The van der Waals surface area contributed by atoms with E-state index in [2.05, 4.69) is 12.0 Å². The monoisotopic (exact) mass is 220 g/mol. The van der Waals surface area contributed by atoms with E-state index in [-0.39, 0.29) is 0 Å². The molecule has 0 fully saturated rings. The minimum absolute atomic E-state index is 0.522. The average molecular weight is 220 g/mol. The lowest BCUT2D eigenvalue weighted by Crippen LogP contribution is -2.10. The molecule has 2 heterocycles. The topological polar surface area (TPSA) is 51.2 Å². The second kappa shape index (κ2) is 4.99. The molecule has 0 radical (unpaired) electrons. The summed E-state index contributed by atoms with van der Waals surface area (Å²) in [4.78, 5) is 0. The Balaban J connectivity index is 2.08. The van der Waals surface area contributed by atoms with Gasteiger partial charge in [-0.1, -0.05) is 6.92 Å². The van der Waals surface area contributed by atoms with E-state index in [0.717, 1.165) is 24.2 Å². The van der Waals surface area contributed by atoms with Crippen molar-refractivity contribution in [2.75, 3.05) is 0 Å². The highest BCUT2D eigenvalue weighted by Crippen LogP contribution is 2.18. The van der Waals surface area contributed by atoms with Gasteiger partial charge in [0.05, 0.1) is 24.3 Å². The predicted octanol–water partition coefficient (Wildman–Crippen LogP) is 2.16. The first kappa shape index (κ1) is 11.0. The van der Waals surface area contributed by atoms with Gasteiger partial charge in [0.15, 0.2) is 0 Å². The van der Waals surface area contributed by atoms with Crippen molar-refractivity contribution >= 4 is 0 Å². The number of aliphatic hydroxyl groups is 1. The van der Waals surface area contributed by atoms with Crippen LogP contribution in [-0.2, 0) is 13.0 Å². The number of hydrogen-bond acceptors (Lipinski definition) is 3. The van der Waals surface area contributed by atoms with Crippen molar-refractivity contribution in [1.29, 1.82) is 0 Å². The van der Waals surface area contributed by atoms with Crippen molar-refractivity contribution in [3.8, 4) is 0 Å². The average Bonchev–Trinajstić information content (AvgIpc) is 2.89. The summed E-state index contributed by atoms with van der Waals surface area (Å²) in [5.74, 6) is 0. The number of aliphatic hydroxyl groups excluding tert-OH is 1. The van der Waals surface area contributed by atoms with E-state index in [0.29, 0.717) is 6.42 Å². The Labute approximate surface area is 94.5 Å². The van der Waals surface area contributed by atoms with Crippen LogP contribution in [0.15, 0.2) is 35.3 Å². The molecule has 2 aromatic heterocycles. The third-order valence-corrected chi connectivity index (χ3v) is 2.54. The molecule has 4 heteroatoms. The molecule has 0 spiro atoms. The van der Waals surface area contributed by atoms with E-state index in [1.54, 1.807) is 18.7 Å². The van der Waals surface area contributed by atoms with Crippen molar-refractivity contribution in [2.45, 2.75) is 32.4 Å². The van der Waals surface area contributed by atoms with Gasteiger partial charge in [-0.05, 0) is 24.1 Å². The van der Waals surface area contributed by atoms with Crippen LogP contribution >= 0.6 is 0 Å². The fourth-order valence-corrected chi connectivity index (χ4v) is 1.76. The maximum atomic E-state index is 10.1. The Hall–Kier alpha value is -1.55. The van der Waals surface area contributed by atoms with Crippen LogP contribution in [0.2, 0.25) is 0 Å². The molecule has 86 valence electrons. The number of rotatable bonds is 5. The largest absolute Gasteiger partial charge is 0.472 e. The van der Waals surface area contributed by atoms with Crippen molar-refractivity contribution < 1.29 is 9.52 Å². The minimum Gasteiger partial charge on any atom is -0.472 e. The van der Waals surface area contributed by atoms with Gasteiger partial charge in [-0.25, -0.2) is 0 Å². The second-order valence-electron chi connectivity index (χ2n) is 3.83. The zero-order chi connectivity index (χ0) is 11.4. The minimum atomic E-state index is -0.522. The van der Waals surface area contributed by atoms with E-state index in [4.69, 9.17) is 4.42 Å². The number of aromatic nitrogens is 2. The molecule has 0 saturated carbocycles. The van der Waals surface area contributed by atoms with Gasteiger partial charge in [0.1, 0.15) is 0 Å². The van der Waals surface area contributed by atoms with Gasteiger partial charge in [-0.15, -0.1) is 0 Å². The molecule has 1 atom stereocenters. The van der Waals surface area contributed by atoms with Crippen LogP contribution < -0.4 is 0 Å². The molecule has 0 aliphatic carbocycles. The van der Waals surface area contributed by atoms with Gasteiger partial charge in [0.2, 0.25) is 0 Å². The molecule has 2 aromatic rings. The number of aryl methyl sites for hydroxylation is 1. The van der Waals surface area contributed by atoms with Crippen molar-refractivity contribution in [3.05, 3.63) is 42.1 Å². The smallest absolute Gasteiger partial charge is 0.0998 e. The van der Waals surface area contributed by atoms with Gasteiger partial charge in [0.25, 0.3) is 0 Å². The summed E-state index contributed by atoms with van der Waals surface area (Å²) < 4.78 is 6.83. The fraction of sp³-hybridized carbons (Fsp3) is 0.417. The van der Waals surface area contributed by atoms with Crippen LogP contribution in [-0.4, -0.2) is 14.9 Å². The van der Waals surface area contributed by atoms with Gasteiger partial charge < -0.3 is 9.52 Å². The summed E-state index contributed by atoms with van der Waals surface area (Å²) in [6.07, 6.45) is 6.05. The van der Waals surface area contributed by atoms with Crippen LogP contribution in [0.5, 0.6) is 0 Å². The van der Waals surface area contributed by atoms with E-state index >= 15 is 0 Å². The summed E-state index contributed by atoms with van der Waals surface area (Å²) in [6, 6.07) is 3.73. The van der Waals surface area contributed by atoms with E-state index in [1.807, 2.05) is 16.8 Å². The highest BCUT2D eigenvalue weighted by molar-refractivity contribution is 5.12. The van der Waals surface area contributed by atoms with Crippen LogP contribution in [0.3, 0.4) is 0 Å². The highest BCUT2D eigenvalue weighted by atomic mass is 16.3. The molecule has 4 nitrogen and oxygen atoms in total. The lowest BCUT2D eigenvalue weighted by atomic mass is 10.1. The van der Waals surface area contributed by atoms with Gasteiger partial charge >= 0.3 is 0 Å². The maximum Gasteiger partial charge on any atom is 0.0998 e. The highest BCUT2D eigenvalue weighted by Gasteiger charge is 2.13. The van der Waals surface area contributed by atoms with Crippen molar-refractivity contribution in [1.82, 2.24) is 9.78 Å². The number of hydrogen-bond donors (Lipinski definition) is 1. The molecule has 1 unspecified atom stereocenters. The molecular formula is C12H16N2O2. The molecule has 16 heavy (non-hydrogen) atoms. The number of furan rings is 1. The Bertz CT molecular complexity index is 420. The van der Waals surface area contributed by atoms with Crippen molar-refractivity contribution in [2.24, 2.45) is 0 Å². The molecular weight excluding hydrogens is 204 g/mol. The van der Waals surface area contributed by atoms with E-state index in [9.17, 15) is 5.11 Å². The Morgan fingerprint density at radius 1 is 1.50 bits per heavy atom. The molecule has 0 aromatic carbocycles. The Kier molecular flexibility index (Phi) is 3.41. The predicted molar refractivity (Wildman–Crippen MR) is 59.9 cm³/mol. The summed E-state index contributed by atoms with van der Waals surface area (Å²) in [6.45, 7) is 2.93. The molecule has 1 N–H and O–H groups in total. The second-order valence-corrected chi connectivity index (χ2v) is 3.83. The van der Waals surface area contributed by atoms with Crippen LogP contribution in [0, 0.1) is 0 Å². The normalized spacial score (nSPS) is 12.9. The molecule has 2 rings (SSSR count). The summed E-state index contributed by atoms with van der Waals surface area (Å²) >= 11 is 0. The molecule has 0 amide bonds. The lowest BCUT2D eigenvalue weighted by Gasteiger charge is -2.11. The molecule has 0 aliphatic rings. The van der Waals surface area contributed by atoms with Crippen molar-refractivity contribution in [3.63, 3.8) is 0 Å². The van der Waals surface area contributed by atoms with Crippen LogP contribution in [0.4, 0.5) is 0 Å². The standard InChI is InChI=1S/C12H16N2O2/c1-2-6-14-11(3-5-13-14)12(15)8-10-4-7-16-9-10/h3-5,7,9,12,15H,2,6,8H2,1H3. The van der Waals surface area contributed by atoms with Crippen LogP contribution in [0.25, 0.3) is 0 Å². The first-order valence-electron chi connectivity index (χ1n) is 5.52. The summed E-state index contributed by atoms with van der Waals surface area (Å²) in [5.41, 5.74) is 1.86. The van der Waals surface area contributed by atoms with Crippen LogP contribution in [0.1, 0.15) is 30.7 Å². The van der Waals surface area contributed by atoms with E-state index < -0.39 is 6.10 Å². The van der Waals surface area contributed by atoms with Gasteiger partial charge in [-0.2, -0.15) is 5.10 Å².